The molecule has 2 fully saturated rings. The highest BCUT2D eigenvalue weighted by atomic mass is 32.1. The van der Waals surface area contributed by atoms with Crippen molar-refractivity contribution in [2.75, 3.05) is 0 Å². The summed E-state index contributed by atoms with van der Waals surface area (Å²) in [5, 5.41) is 2.03. The van der Waals surface area contributed by atoms with Gasteiger partial charge < -0.3 is 4.90 Å². The van der Waals surface area contributed by atoms with E-state index in [1.54, 1.807) is 11.3 Å². The lowest BCUT2D eigenvalue weighted by atomic mass is 10.1. The molecule has 1 aromatic heterocycles. The standard InChI is InChI=1S/C14H19NOS/c1-10-8-9-17-13(10)14(16)15(12-6-7-12)11-4-2-3-5-11/h8-9,11-12H,2-7H2,1H3. The lowest BCUT2D eigenvalue weighted by Gasteiger charge is -2.29. The number of carbonyl (C=O) groups excluding carboxylic acids is 1. The maximum Gasteiger partial charge on any atom is 0.264 e. The Labute approximate surface area is 107 Å². The van der Waals surface area contributed by atoms with Crippen LogP contribution in [-0.4, -0.2) is 22.9 Å². The van der Waals surface area contributed by atoms with Crippen LogP contribution >= 0.6 is 11.3 Å². The van der Waals surface area contributed by atoms with Gasteiger partial charge in [0.1, 0.15) is 0 Å². The average Bonchev–Trinajstić information content (AvgIpc) is 2.82. The molecule has 17 heavy (non-hydrogen) atoms. The predicted molar refractivity (Wildman–Crippen MR) is 70.5 cm³/mol. The van der Waals surface area contributed by atoms with E-state index < -0.39 is 0 Å². The van der Waals surface area contributed by atoms with Gasteiger partial charge >= 0.3 is 0 Å². The van der Waals surface area contributed by atoms with Crippen molar-refractivity contribution in [1.82, 2.24) is 4.90 Å². The van der Waals surface area contributed by atoms with Gasteiger partial charge in [-0.1, -0.05) is 12.8 Å². The average molecular weight is 249 g/mol. The fourth-order valence-electron chi connectivity index (χ4n) is 2.87. The minimum Gasteiger partial charge on any atom is -0.332 e. The molecule has 2 saturated carbocycles. The molecule has 1 aromatic rings. The number of nitrogens with zero attached hydrogens (tertiary/aromatic N) is 1. The number of amides is 1. The Bertz CT molecular complexity index is 416. The fourth-order valence-corrected chi connectivity index (χ4v) is 3.74. The summed E-state index contributed by atoms with van der Waals surface area (Å²) in [6, 6.07) is 3.13. The van der Waals surface area contributed by atoms with Crippen LogP contribution in [0, 0.1) is 6.92 Å². The van der Waals surface area contributed by atoms with Gasteiger partial charge in [0, 0.05) is 12.1 Å². The molecule has 92 valence electrons. The second-order valence-electron chi connectivity index (χ2n) is 5.31. The molecule has 2 aliphatic carbocycles. The fraction of sp³-hybridized carbons (Fsp3) is 0.643. The molecule has 3 heteroatoms. The van der Waals surface area contributed by atoms with Crippen molar-refractivity contribution in [2.24, 2.45) is 0 Å². The van der Waals surface area contributed by atoms with Gasteiger partial charge in [0.2, 0.25) is 0 Å². The van der Waals surface area contributed by atoms with E-state index in [1.807, 2.05) is 12.3 Å². The Hall–Kier alpha value is -0.830. The topological polar surface area (TPSA) is 20.3 Å². The molecule has 3 rings (SSSR count). The summed E-state index contributed by atoms with van der Waals surface area (Å²) >= 11 is 1.60. The summed E-state index contributed by atoms with van der Waals surface area (Å²) in [4.78, 5) is 15.8. The Kier molecular flexibility index (Phi) is 2.95. The molecule has 0 radical (unpaired) electrons. The maximum atomic E-state index is 12.6. The first-order chi connectivity index (χ1) is 8.27. The third-order valence-electron chi connectivity index (χ3n) is 3.95. The molecule has 0 aromatic carbocycles. The largest absolute Gasteiger partial charge is 0.332 e. The van der Waals surface area contributed by atoms with E-state index in [-0.39, 0.29) is 0 Å². The Morgan fingerprint density at radius 2 is 1.88 bits per heavy atom. The molecule has 0 unspecified atom stereocenters. The number of thiophene rings is 1. The molecule has 1 heterocycles. The first-order valence-corrected chi connectivity index (χ1v) is 7.52. The van der Waals surface area contributed by atoms with E-state index in [0.29, 0.717) is 18.0 Å². The Morgan fingerprint density at radius 3 is 2.41 bits per heavy atom. The molecule has 2 nitrogen and oxygen atoms in total. The van der Waals surface area contributed by atoms with Crippen LogP contribution in [0.25, 0.3) is 0 Å². The van der Waals surface area contributed by atoms with Crippen molar-refractivity contribution in [3.63, 3.8) is 0 Å². The molecule has 1 amide bonds. The molecular formula is C14H19NOS. The van der Waals surface area contributed by atoms with Crippen LogP contribution in [0.5, 0.6) is 0 Å². The van der Waals surface area contributed by atoms with Crippen LogP contribution in [0.2, 0.25) is 0 Å². The highest BCUT2D eigenvalue weighted by molar-refractivity contribution is 7.12. The number of aryl methyl sites for hydroxylation is 1. The summed E-state index contributed by atoms with van der Waals surface area (Å²) in [7, 11) is 0. The van der Waals surface area contributed by atoms with Crippen molar-refractivity contribution in [3.05, 3.63) is 21.9 Å². The summed E-state index contributed by atoms with van der Waals surface area (Å²) in [5.74, 6) is 0.298. The molecule has 0 saturated heterocycles. The van der Waals surface area contributed by atoms with Gasteiger partial charge in [-0.15, -0.1) is 11.3 Å². The van der Waals surface area contributed by atoms with E-state index in [9.17, 15) is 4.79 Å². The van der Waals surface area contributed by atoms with Crippen molar-refractivity contribution in [2.45, 2.75) is 57.5 Å². The zero-order chi connectivity index (χ0) is 11.8. The molecule has 0 spiro atoms. The first kappa shape index (κ1) is 11.3. The van der Waals surface area contributed by atoms with Gasteiger partial charge in [0.05, 0.1) is 4.88 Å². The van der Waals surface area contributed by atoms with E-state index in [0.717, 1.165) is 10.4 Å². The first-order valence-electron chi connectivity index (χ1n) is 6.64. The van der Waals surface area contributed by atoms with Crippen LogP contribution in [0.3, 0.4) is 0 Å². The van der Waals surface area contributed by atoms with Crippen LogP contribution in [0.15, 0.2) is 11.4 Å². The van der Waals surface area contributed by atoms with Crippen LogP contribution in [0.1, 0.15) is 53.8 Å². The third-order valence-corrected chi connectivity index (χ3v) is 4.95. The second-order valence-corrected chi connectivity index (χ2v) is 6.23. The lowest BCUT2D eigenvalue weighted by molar-refractivity contribution is 0.0669. The van der Waals surface area contributed by atoms with Crippen LogP contribution in [0.4, 0.5) is 0 Å². The van der Waals surface area contributed by atoms with Crippen LogP contribution in [-0.2, 0) is 0 Å². The van der Waals surface area contributed by atoms with Crippen molar-refractivity contribution in [1.29, 1.82) is 0 Å². The highest BCUT2D eigenvalue weighted by Crippen LogP contribution is 2.36. The van der Waals surface area contributed by atoms with E-state index in [2.05, 4.69) is 11.0 Å². The van der Waals surface area contributed by atoms with Gasteiger partial charge in [0.25, 0.3) is 5.91 Å². The predicted octanol–water partition coefficient (Wildman–Crippen LogP) is 3.60. The maximum absolute atomic E-state index is 12.6. The molecule has 0 N–H and O–H groups in total. The van der Waals surface area contributed by atoms with Gasteiger partial charge in [0.15, 0.2) is 0 Å². The molecule has 0 aliphatic heterocycles. The SMILES string of the molecule is Cc1ccsc1C(=O)N(C1CCCC1)C1CC1. The molecular weight excluding hydrogens is 230 g/mol. The number of hydrogen-bond acceptors (Lipinski definition) is 2. The second kappa shape index (κ2) is 4.45. The summed E-state index contributed by atoms with van der Waals surface area (Å²) in [6.07, 6.45) is 7.45. The number of carbonyl (C=O) groups is 1. The van der Waals surface area contributed by atoms with E-state index in [4.69, 9.17) is 0 Å². The molecule has 0 atom stereocenters. The minimum absolute atomic E-state index is 0.298. The minimum atomic E-state index is 0.298. The zero-order valence-corrected chi connectivity index (χ0v) is 11.1. The van der Waals surface area contributed by atoms with Crippen molar-refractivity contribution < 1.29 is 4.79 Å². The van der Waals surface area contributed by atoms with Crippen molar-refractivity contribution >= 4 is 17.2 Å². The number of rotatable bonds is 3. The van der Waals surface area contributed by atoms with Gasteiger partial charge in [-0.05, 0) is 49.6 Å². The quantitative estimate of drug-likeness (QED) is 0.801. The van der Waals surface area contributed by atoms with Crippen molar-refractivity contribution in [3.8, 4) is 0 Å². The highest BCUT2D eigenvalue weighted by Gasteiger charge is 2.39. The normalized spacial score (nSPS) is 20.8. The van der Waals surface area contributed by atoms with Gasteiger partial charge in [-0.2, -0.15) is 0 Å². The summed E-state index contributed by atoms with van der Waals surface area (Å²) < 4.78 is 0. The van der Waals surface area contributed by atoms with Gasteiger partial charge in [-0.3, -0.25) is 4.79 Å². The Balaban J connectivity index is 1.83. The third kappa shape index (κ3) is 2.13. The monoisotopic (exact) mass is 249 g/mol. The molecule has 2 aliphatic rings. The van der Waals surface area contributed by atoms with E-state index >= 15 is 0 Å². The Morgan fingerprint density at radius 1 is 1.24 bits per heavy atom. The summed E-state index contributed by atoms with van der Waals surface area (Å²) in [6.45, 7) is 2.05. The smallest absolute Gasteiger partial charge is 0.264 e. The van der Waals surface area contributed by atoms with Gasteiger partial charge in [-0.25, -0.2) is 0 Å². The molecule has 0 bridgehead atoms. The van der Waals surface area contributed by atoms with E-state index in [1.165, 1.54) is 38.5 Å². The summed E-state index contributed by atoms with van der Waals surface area (Å²) in [5.41, 5.74) is 1.14. The number of hydrogen-bond donors (Lipinski definition) is 0. The zero-order valence-electron chi connectivity index (χ0n) is 10.3. The lowest BCUT2D eigenvalue weighted by Crippen LogP contribution is -2.40. The van der Waals surface area contributed by atoms with Crippen LogP contribution < -0.4 is 0 Å².